The number of hydrogen-bond donors (Lipinski definition) is 4. The summed E-state index contributed by atoms with van der Waals surface area (Å²) in [6.07, 6.45) is 10.8. The fraction of sp³-hybridized carbons (Fsp3) is 0.400. The minimum Gasteiger partial charge on any atom is -0.478 e. The van der Waals surface area contributed by atoms with Crippen LogP contribution in [-0.4, -0.2) is 42.7 Å². The Morgan fingerprint density at radius 1 is 0.923 bits per heavy atom. The molecular formula is C30H35N7O2. The number of anilines is 2. The zero-order valence-corrected chi connectivity index (χ0v) is 22.0. The van der Waals surface area contributed by atoms with Crippen molar-refractivity contribution in [1.29, 1.82) is 0 Å². The Kier molecular flexibility index (Phi) is 7.15. The first-order valence-corrected chi connectivity index (χ1v) is 14.0. The van der Waals surface area contributed by atoms with Crippen molar-refractivity contribution in [3.63, 3.8) is 0 Å². The molecule has 0 unspecified atom stereocenters. The largest absolute Gasteiger partial charge is 0.478 e. The van der Waals surface area contributed by atoms with Crippen LogP contribution in [-0.2, 0) is 6.54 Å². The van der Waals surface area contributed by atoms with Crippen molar-refractivity contribution < 1.29 is 9.90 Å². The van der Waals surface area contributed by atoms with E-state index in [1.807, 2.05) is 18.5 Å². The van der Waals surface area contributed by atoms with Crippen LogP contribution in [0.4, 0.5) is 11.8 Å². The molecule has 0 atom stereocenters. The summed E-state index contributed by atoms with van der Waals surface area (Å²) >= 11 is 0. The monoisotopic (exact) mass is 525 g/mol. The van der Waals surface area contributed by atoms with Gasteiger partial charge >= 0.3 is 5.97 Å². The fourth-order valence-electron chi connectivity index (χ4n) is 5.81. The fourth-order valence-corrected chi connectivity index (χ4v) is 5.81. The SMILES string of the molecule is NC1CCC(Nc2nc(NCc3ccc(-c4ccc(C(=O)O)cc4)cc3)c3ncn(C4CCCC4)c3n2)CC1. The molecule has 39 heavy (non-hydrogen) atoms. The number of hydrogen-bond acceptors (Lipinski definition) is 7. The number of nitrogens with two attached hydrogens (primary N) is 1. The standard InChI is InChI=1S/C30H35N7O2/c31-23-13-15-24(16-14-23)34-30-35-27(26-28(36-30)37(18-33-26)25-3-1-2-4-25)32-17-19-5-7-20(8-6-19)21-9-11-22(12-10-21)29(38)39/h5-12,18,23-25H,1-4,13-17,31H2,(H,38,39)(H2,32,34,35,36). The second-order valence-corrected chi connectivity index (χ2v) is 10.8. The third-order valence-electron chi connectivity index (χ3n) is 8.12. The molecule has 2 aromatic heterocycles. The number of imidazole rings is 1. The van der Waals surface area contributed by atoms with E-state index in [1.165, 1.54) is 12.8 Å². The molecular weight excluding hydrogens is 490 g/mol. The number of benzene rings is 2. The van der Waals surface area contributed by atoms with Crippen LogP contribution in [0, 0.1) is 0 Å². The molecule has 0 amide bonds. The van der Waals surface area contributed by atoms with Crippen LogP contribution in [0.15, 0.2) is 54.9 Å². The maximum atomic E-state index is 11.1. The minimum absolute atomic E-state index is 0.284. The average Bonchev–Trinajstić information content (AvgIpc) is 3.64. The van der Waals surface area contributed by atoms with Crippen molar-refractivity contribution in [3.8, 4) is 11.1 Å². The molecule has 9 nitrogen and oxygen atoms in total. The molecule has 2 aliphatic rings. The van der Waals surface area contributed by atoms with Gasteiger partial charge in [0, 0.05) is 24.7 Å². The van der Waals surface area contributed by atoms with Gasteiger partial charge in [-0.15, -0.1) is 0 Å². The third-order valence-corrected chi connectivity index (χ3v) is 8.12. The second-order valence-electron chi connectivity index (χ2n) is 10.8. The van der Waals surface area contributed by atoms with E-state index in [4.69, 9.17) is 25.8 Å². The van der Waals surface area contributed by atoms with Gasteiger partial charge in [-0.1, -0.05) is 49.2 Å². The molecule has 2 aromatic carbocycles. The van der Waals surface area contributed by atoms with Crippen molar-refractivity contribution in [2.45, 2.75) is 76.0 Å². The number of carboxylic acid groups (broad SMARTS) is 1. The highest BCUT2D eigenvalue weighted by Gasteiger charge is 2.24. The summed E-state index contributed by atoms with van der Waals surface area (Å²) in [5.74, 6) is 0.460. The lowest BCUT2D eigenvalue weighted by Crippen LogP contribution is -2.33. The number of rotatable bonds is 8. The van der Waals surface area contributed by atoms with E-state index in [0.29, 0.717) is 30.6 Å². The number of carboxylic acids is 1. The first-order chi connectivity index (χ1) is 19.0. The summed E-state index contributed by atoms with van der Waals surface area (Å²) in [6, 6.07) is 16.3. The van der Waals surface area contributed by atoms with Gasteiger partial charge in [-0.05, 0) is 67.3 Å². The summed E-state index contributed by atoms with van der Waals surface area (Å²) in [6.45, 7) is 0.596. The molecule has 0 bridgehead atoms. The quantitative estimate of drug-likeness (QED) is 0.234. The van der Waals surface area contributed by atoms with Crippen LogP contribution in [0.5, 0.6) is 0 Å². The number of aromatic nitrogens is 4. The van der Waals surface area contributed by atoms with Crippen LogP contribution < -0.4 is 16.4 Å². The van der Waals surface area contributed by atoms with Gasteiger partial charge in [-0.2, -0.15) is 9.97 Å². The van der Waals surface area contributed by atoms with Gasteiger partial charge < -0.3 is 26.0 Å². The topological polar surface area (TPSA) is 131 Å². The average molecular weight is 526 g/mol. The Morgan fingerprint density at radius 2 is 1.59 bits per heavy atom. The van der Waals surface area contributed by atoms with Crippen LogP contribution in [0.25, 0.3) is 22.3 Å². The molecule has 4 aromatic rings. The van der Waals surface area contributed by atoms with Crippen LogP contribution in [0.1, 0.15) is 73.3 Å². The van der Waals surface area contributed by atoms with E-state index in [2.05, 4.69) is 39.5 Å². The molecule has 2 saturated carbocycles. The van der Waals surface area contributed by atoms with Crippen LogP contribution in [0.3, 0.4) is 0 Å². The van der Waals surface area contributed by atoms with Gasteiger partial charge in [0.25, 0.3) is 0 Å². The normalized spacial score (nSPS) is 19.8. The Bertz CT molecular complexity index is 1430. The maximum Gasteiger partial charge on any atom is 0.335 e. The number of fused-ring (bicyclic) bond motifs is 1. The highest BCUT2D eigenvalue weighted by molar-refractivity contribution is 5.88. The van der Waals surface area contributed by atoms with Gasteiger partial charge in [-0.25, -0.2) is 9.78 Å². The summed E-state index contributed by atoms with van der Waals surface area (Å²) in [4.78, 5) is 25.7. The van der Waals surface area contributed by atoms with Gasteiger partial charge in [0.1, 0.15) is 0 Å². The third kappa shape index (κ3) is 5.59. The molecule has 2 heterocycles. The van der Waals surface area contributed by atoms with E-state index >= 15 is 0 Å². The smallest absolute Gasteiger partial charge is 0.335 e. The summed E-state index contributed by atoms with van der Waals surface area (Å²) in [5.41, 5.74) is 11.2. The zero-order chi connectivity index (χ0) is 26.8. The highest BCUT2D eigenvalue weighted by atomic mass is 16.4. The lowest BCUT2D eigenvalue weighted by atomic mass is 9.92. The molecule has 0 radical (unpaired) electrons. The highest BCUT2D eigenvalue weighted by Crippen LogP contribution is 2.33. The molecule has 2 aliphatic carbocycles. The summed E-state index contributed by atoms with van der Waals surface area (Å²) in [7, 11) is 0. The predicted octanol–water partition coefficient (Wildman–Crippen LogP) is 5.60. The summed E-state index contributed by atoms with van der Waals surface area (Å²) in [5, 5.41) is 16.2. The Morgan fingerprint density at radius 3 is 2.26 bits per heavy atom. The molecule has 0 saturated heterocycles. The molecule has 9 heteroatoms. The number of aromatic carboxylic acids is 1. The van der Waals surface area contributed by atoms with Crippen molar-refractivity contribution in [2.24, 2.45) is 5.73 Å². The first-order valence-electron chi connectivity index (χ1n) is 14.0. The van der Waals surface area contributed by atoms with Gasteiger partial charge in [0.15, 0.2) is 17.0 Å². The Hall–Kier alpha value is -3.98. The van der Waals surface area contributed by atoms with Crippen molar-refractivity contribution in [1.82, 2.24) is 19.5 Å². The second kappa shape index (κ2) is 11.0. The van der Waals surface area contributed by atoms with Crippen molar-refractivity contribution in [2.75, 3.05) is 10.6 Å². The molecule has 5 N–H and O–H groups in total. The zero-order valence-electron chi connectivity index (χ0n) is 22.0. The van der Waals surface area contributed by atoms with Gasteiger partial charge in [-0.3, -0.25) is 0 Å². The number of nitrogens with zero attached hydrogens (tertiary/aromatic N) is 4. The molecule has 0 aliphatic heterocycles. The predicted molar refractivity (Wildman–Crippen MR) is 153 cm³/mol. The molecule has 202 valence electrons. The first kappa shape index (κ1) is 25.3. The lowest BCUT2D eigenvalue weighted by Gasteiger charge is -2.27. The Labute approximate surface area is 227 Å². The van der Waals surface area contributed by atoms with Gasteiger partial charge in [0.05, 0.1) is 11.9 Å². The van der Waals surface area contributed by atoms with E-state index in [0.717, 1.165) is 72.2 Å². The van der Waals surface area contributed by atoms with Gasteiger partial charge in [0.2, 0.25) is 5.95 Å². The van der Waals surface area contributed by atoms with E-state index < -0.39 is 5.97 Å². The lowest BCUT2D eigenvalue weighted by molar-refractivity contribution is 0.0697. The Balaban J connectivity index is 1.22. The molecule has 6 rings (SSSR count). The number of carbonyl (C=O) groups is 1. The molecule has 0 spiro atoms. The number of nitrogens with one attached hydrogen (secondary N) is 2. The van der Waals surface area contributed by atoms with Crippen molar-refractivity contribution >= 4 is 28.9 Å². The molecule has 2 fully saturated rings. The van der Waals surface area contributed by atoms with Crippen LogP contribution in [0.2, 0.25) is 0 Å². The van der Waals surface area contributed by atoms with E-state index in [1.54, 1.807) is 12.1 Å². The van der Waals surface area contributed by atoms with Crippen LogP contribution >= 0.6 is 0 Å². The maximum absolute atomic E-state index is 11.1. The van der Waals surface area contributed by atoms with E-state index in [9.17, 15) is 4.79 Å². The van der Waals surface area contributed by atoms with E-state index in [-0.39, 0.29) is 5.56 Å². The summed E-state index contributed by atoms with van der Waals surface area (Å²) < 4.78 is 2.24. The minimum atomic E-state index is -0.920. The van der Waals surface area contributed by atoms with Crippen molar-refractivity contribution in [3.05, 3.63) is 66.0 Å².